The monoisotopic (exact) mass is 491 g/mol. The van der Waals surface area contributed by atoms with Crippen LogP contribution in [0.15, 0.2) is 54.6 Å². The number of ether oxygens (including phenoxy) is 1. The molecule has 3 amide bonds. The molecule has 0 heterocycles. The van der Waals surface area contributed by atoms with Gasteiger partial charge in [0.15, 0.2) is 0 Å². The molecule has 2 rings (SSSR count). The highest BCUT2D eigenvalue weighted by Gasteiger charge is 2.36. The first kappa shape index (κ1) is 28.4. The third kappa shape index (κ3) is 8.16. The van der Waals surface area contributed by atoms with E-state index in [9.17, 15) is 14.4 Å². The zero-order valence-corrected chi connectivity index (χ0v) is 22.0. The van der Waals surface area contributed by atoms with E-state index in [1.54, 1.807) is 52.1 Å². The molecule has 192 valence electrons. The Morgan fingerprint density at radius 3 is 2.19 bits per heavy atom. The van der Waals surface area contributed by atoms with Crippen LogP contribution in [0.5, 0.6) is 0 Å². The number of likely N-dealkylation sites (N-methyl/N-ethyl adjacent to an activating group) is 1. The van der Waals surface area contributed by atoms with Crippen LogP contribution in [-0.4, -0.2) is 41.5 Å². The van der Waals surface area contributed by atoms with Gasteiger partial charge in [-0.1, -0.05) is 68.7 Å². The number of hydrogen-bond donors (Lipinski definition) is 2. The van der Waals surface area contributed by atoms with Crippen LogP contribution in [0, 0.1) is 18.3 Å². The number of nitrogens with one attached hydrogen (secondary N) is 2. The first-order valence-corrected chi connectivity index (χ1v) is 12.1. The van der Waals surface area contributed by atoms with E-state index in [0.29, 0.717) is 24.1 Å². The molecular weight excluding hydrogens is 454 g/mol. The number of terminal acetylenes is 1. The minimum absolute atomic E-state index is 0.190. The van der Waals surface area contributed by atoms with Gasteiger partial charge in [0.1, 0.15) is 17.7 Å². The fraction of sp³-hybridized carbons (Fsp3) is 0.414. The van der Waals surface area contributed by atoms with Gasteiger partial charge in [0.05, 0.1) is 0 Å². The maximum Gasteiger partial charge on any atom is 0.408 e. The molecule has 0 fully saturated rings. The van der Waals surface area contributed by atoms with Gasteiger partial charge in [0.2, 0.25) is 11.8 Å². The molecule has 36 heavy (non-hydrogen) atoms. The average Bonchev–Trinajstić information content (AvgIpc) is 2.85. The maximum absolute atomic E-state index is 13.7. The van der Waals surface area contributed by atoms with Crippen LogP contribution in [0.25, 0.3) is 0 Å². The van der Waals surface area contributed by atoms with E-state index in [2.05, 4.69) is 16.6 Å². The second-order valence-electron chi connectivity index (χ2n) is 9.83. The highest BCUT2D eigenvalue weighted by molar-refractivity contribution is 5.92. The van der Waals surface area contributed by atoms with Gasteiger partial charge in [-0.15, -0.1) is 6.42 Å². The van der Waals surface area contributed by atoms with E-state index in [1.807, 2.05) is 44.2 Å². The van der Waals surface area contributed by atoms with Crippen molar-refractivity contribution < 1.29 is 19.1 Å². The molecule has 0 aliphatic carbocycles. The van der Waals surface area contributed by atoms with Crippen LogP contribution >= 0.6 is 0 Å². The van der Waals surface area contributed by atoms with Crippen LogP contribution in [0.3, 0.4) is 0 Å². The Labute approximate surface area is 214 Å². The molecule has 2 N–H and O–H groups in total. The zero-order chi connectivity index (χ0) is 26.9. The van der Waals surface area contributed by atoms with Gasteiger partial charge in [-0.3, -0.25) is 9.59 Å². The van der Waals surface area contributed by atoms with Gasteiger partial charge in [-0.05, 0) is 49.9 Å². The van der Waals surface area contributed by atoms with Crippen molar-refractivity contribution >= 4 is 17.9 Å². The lowest BCUT2D eigenvalue weighted by molar-refractivity contribution is -0.141. The molecule has 0 spiro atoms. The topological polar surface area (TPSA) is 87.7 Å². The summed E-state index contributed by atoms with van der Waals surface area (Å²) in [4.78, 5) is 41.0. The zero-order valence-electron chi connectivity index (χ0n) is 22.0. The van der Waals surface area contributed by atoms with Crippen LogP contribution in [0.4, 0.5) is 4.79 Å². The highest BCUT2D eigenvalue weighted by Crippen LogP contribution is 2.24. The molecule has 0 bridgehead atoms. The van der Waals surface area contributed by atoms with Gasteiger partial charge in [0.25, 0.3) is 0 Å². The van der Waals surface area contributed by atoms with Crippen molar-refractivity contribution in [1.29, 1.82) is 0 Å². The Balaban J connectivity index is 2.34. The molecule has 0 aliphatic heterocycles. The predicted molar refractivity (Wildman–Crippen MR) is 141 cm³/mol. The number of carbonyl (C=O) groups excluding carboxylic acids is 3. The Kier molecular flexibility index (Phi) is 10.1. The minimum Gasteiger partial charge on any atom is -0.444 e. The van der Waals surface area contributed by atoms with Crippen LogP contribution in [0.2, 0.25) is 0 Å². The van der Waals surface area contributed by atoms with Gasteiger partial charge in [-0.25, -0.2) is 4.79 Å². The highest BCUT2D eigenvalue weighted by atomic mass is 16.6. The van der Waals surface area contributed by atoms with Gasteiger partial charge in [-0.2, -0.15) is 0 Å². The van der Waals surface area contributed by atoms with Crippen molar-refractivity contribution in [3.8, 4) is 12.3 Å². The van der Waals surface area contributed by atoms with E-state index in [1.165, 1.54) is 4.90 Å². The lowest BCUT2D eigenvalue weighted by atomic mass is 9.96. The van der Waals surface area contributed by atoms with E-state index in [0.717, 1.165) is 5.56 Å². The van der Waals surface area contributed by atoms with Crippen molar-refractivity contribution in [2.24, 2.45) is 5.92 Å². The SMILES string of the molecule is C#Cc1ccc(C(C(=O)NCc2ccccc2)N(C)C(=O)C(NC(=O)OC(C)(C)C)C(C)CC)cc1. The standard InChI is InChI=1S/C29H37N3O4/c1-8-20(3)24(31-28(35)36-29(4,5)6)27(34)32(7)25(23-17-15-21(9-2)16-18-23)26(33)30-19-22-13-11-10-12-14-22/h2,10-18,20,24-25H,8,19H2,1,3-7H3,(H,30,33)(H,31,35). The quantitative estimate of drug-likeness (QED) is 0.508. The van der Waals surface area contributed by atoms with Gasteiger partial charge < -0.3 is 20.3 Å². The van der Waals surface area contributed by atoms with Gasteiger partial charge in [0, 0.05) is 19.2 Å². The number of nitrogens with zero attached hydrogens (tertiary/aromatic N) is 1. The molecule has 7 nitrogen and oxygen atoms in total. The van der Waals surface area contributed by atoms with Crippen molar-refractivity contribution in [2.45, 2.75) is 65.3 Å². The summed E-state index contributed by atoms with van der Waals surface area (Å²) in [6.07, 6.45) is 5.45. The summed E-state index contributed by atoms with van der Waals surface area (Å²) < 4.78 is 5.38. The lowest BCUT2D eigenvalue weighted by Gasteiger charge is -2.33. The normalized spacial score (nSPS) is 13.5. The van der Waals surface area contributed by atoms with E-state index in [4.69, 9.17) is 11.2 Å². The summed E-state index contributed by atoms with van der Waals surface area (Å²) in [5, 5.41) is 5.65. The largest absolute Gasteiger partial charge is 0.444 e. The van der Waals surface area contributed by atoms with E-state index < -0.39 is 29.7 Å². The fourth-order valence-electron chi connectivity index (χ4n) is 3.66. The summed E-state index contributed by atoms with van der Waals surface area (Å²) in [5.74, 6) is 1.63. The first-order valence-electron chi connectivity index (χ1n) is 12.1. The predicted octanol–water partition coefficient (Wildman–Crippen LogP) is 4.42. The van der Waals surface area contributed by atoms with Crippen LogP contribution < -0.4 is 10.6 Å². The number of benzene rings is 2. The summed E-state index contributed by atoms with van der Waals surface area (Å²) in [6, 6.07) is 14.7. The number of rotatable bonds is 9. The lowest BCUT2D eigenvalue weighted by Crippen LogP contribution is -2.54. The average molecular weight is 492 g/mol. The Bertz CT molecular complexity index is 1070. The van der Waals surface area contributed by atoms with Crippen molar-refractivity contribution in [1.82, 2.24) is 15.5 Å². The fourth-order valence-corrected chi connectivity index (χ4v) is 3.66. The first-order chi connectivity index (χ1) is 17.0. The molecule has 3 unspecified atom stereocenters. The molecule has 2 aromatic rings. The molecule has 0 aromatic heterocycles. The Hall–Kier alpha value is -3.79. The summed E-state index contributed by atoms with van der Waals surface area (Å²) in [7, 11) is 1.57. The molecule has 2 aromatic carbocycles. The molecular formula is C29H37N3O4. The molecule has 7 heteroatoms. The summed E-state index contributed by atoms with van der Waals surface area (Å²) in [5.41, 5.74) is 1.50. The molecule has 0 saturated carbocycles. The number of hydrogen-bond acceptors (Lipinski definition) is 4. The summed E-state index contributed by atoms with van der Waals surface area (Å²) in [6.45, 7) is 9.39. The van der Waals surface area contributed by atoms with Crippen molar-refractivity contribution in [2.75, 3.05) is 7.05 Å². The van der Waals surface area contributed by atoms with Crippen molar-refractivity contribution in [3.63, 3.8) is 0 Å². The molecule has 3 atom stereocenters. The van der Waals surface area contributed by atoms with Crippen molar-refractivity contribution in [3.05, 3.63) is 71.3 Å². The molecule has 0 saturated heterocycles. The second-order valence-corrected chi connectivity index (χ2v) is 9.83. The Morgan fingerprint density at radius 1 is 1.06 bits per heavy atom. The maximum atomic E-state index is 13.7. The second kappa shape index (κ2) is 12.8. The van der Waals surface area contributed by atoms with E-state index in [-0.39, 0.29) is 11.8 Å². The minimum atomic E-state index is -0.931. The van der Waals surface area contributed by atoms with Crippen LogP contribution in [0.1, 0.15) is 63.8 Å². The summed E-state index contributed by atoms with van der Waals surface area (Å²) >= 11 is 0. The molecule has 0 radical (unpaired) electrons. The number of carbonyl (C=O) groups is 3. The molecule has 0 aliphatic rings. The number of alkyl carbamates (subject to hydrolysis) is 1. The third-order valence-corrected chi connectivity index (χ3v) is 5.84. The van der Waals surface area contributed by atoms with Crippen LogP contribution in [-0.2, 0) is 20.9 Å². The van der Waals surface area contributed by atoms with E-state index >= 15 is 0 Å². The van der Waals surface area contributed by atoms with Gasteiger partial charge >= 0.3 is 6.09 Å². The third-order valence-electron chi connectivity index (χ3n) is 5.84. The number of amides is 3. The smallest absolute Gasteiger partial charge is 0.408 e. The Morgan fingerprint density at radius 2 is 1.67 bits per heavy atom.